The Bertz CT molecular complexity index is 1350. The molecule has 2 heterocycles. The van der Waals surface area contributed by atoms with Crippen molar-refractivity contribution in [2.75, 3.05) is 6.54 Å². The number of likely N-dealkylation sites (tertiary alicyclic amines) is 1. The summed E-state index contributed by atoms with van der Waals surface area (Å²) in [6.45, 7) is 7.83. The predicted molar refractivity (Wildman–Crippen MR) is 145 cm³/mol. The van der Waals surface area contributed by atoms with Crippen LogP contribution in [0.25, 0.3) is 11.1 Å². The van der Waals surface area contributed by atoms with E-state index in [0.717, 1.165) is 29.7 Å². The fraction of sp³-hybridized carbons (Fsp3) is 0.467. The summed E-state index contributed by atoms with van der Waals surface area (Å²) in [4.78, 5) is 28.8. The maximum atomic E-state index is 14.2. The lowest BCUT2D eigenvalue weighted by atomic mass is 9.85. The first-order valence-electron chi connectivity index (χ1n) is 13.6. The number of amides is 2. The van der Waals surface area contributed by atoms with Gasteiger partial charge in [-0.1, -0.05) is 68.4 Å². The summed E-state index contributed by atoms with van der Waals surface area (Å²) in [5.41, 5.74) is 2.51. The molecule has 1 aliphatic heterocycles. The molecule has 2 aliphatic rings. The average Bonchev–Trinajstić information content (AvgIpc) is 3.50. The van der Waals surface area contributed by atoms with Crippen LogP contribution in [-0.2, 0) is 9.59 Å². The number of aliphatic hydroxyl groups excluding tert-OH is 1. The number of hydrogen-bond donors (Lipinski definition) is 2. The van der Waals surface area contributed by atoms with Crippen LogP contribution in [0.15, 0.2) is 54.7 Å². The summed E-state index contributed by atoms with van der Waals surface area (Å²) < 4.78 is 15.8. The molecule has 8 nitrogen and oxygen atoms in total. The van der Waals surface area contributed by atoms with E-state index in [0.29, 0.717) is 11.5 Å². The molecular weight excluding hydrogens is 497 g/mol. The summed E-state index contributed by atoms with van der Waals surface area (Å²) in [6.07, 6.45) is 3.38. The van der Waals surface area contributed by atoms with Crippen LogP contribution in [0.2, 0.25) is 0 Å². The van der Waals surface area contributed by atoms with Gasteiger partial charge in [-0.05, 0) is 42.4 Å². The molecule has 2 aromatic carbocycles. The lowest BCUT2D eigenvalue weighted by Gasteiger charge is -2.34. The van der Waals surface area contributed by atoms with E-state index in [1.54, 1.807) is 22.9 Å². The van der Waals surface area contributed by atoms with Crippen LogP contribution in [0.5, 0.6) is 0 Å². The minimum absolute atomic E-state index is 0.0827. The second kappa shape index (κ2) is 10.5. The molecule has 0 bridgehead atoms. The maximum absolute atomic E-state index is 14.2. The number of hydrogen-bond acceptors (Lipinski definition) is 5. The van der Waals surface area contributed by atoms with E-state index >= 15 is 0 Å². The maximum Gasteiger partial charge on any atom is 0.248 e. The fourth-order valence-electron chi connectivity index (χ4n) is 5.37. The van der Waals surface area contributed by atoms with Gasteiger partial charge in [0.05, 0.1) is 17.8 Å². The van der Waals surface area contributed by atoms with Crippen molar-refractivity contribution in [2.45, 2.75) is 77.1 Å². The zero-order valence-corrected chi connectivity index (χ0v) is 22.8. The second-order valence-corrected chi connectivity index (χ2v) is 11.9. The van der Waals surface area contributed by atoms with E-state index in [1.165, 1.54) is 11.0 Å². The van der Waals surface area contributed by atoms with Gasteiger partial charge >= 0.3 is 0 Å². The SMILES string of the molecule is C[C@@H](NC(=O)[C@@H]1C[C@@H](O)CN1C(=O)[C@@H](n1cc(C2CC2)nn1)C(C)(C)C)c1ccc(-c2ccccc2F)cc1. The molecule has 39 heavy (non-hydrogen) atoms. The summed E-state index contributed by atoms with van der Waals surface area (Å²) in [6, 6.07) is 12.1. The van der Waals surface area contributed by atoms with Gasteiger partial charge in [0.2, 0.25) is 11.8 Å². The van der Waals surface area contributed by atoms with Gasteiger partial charge in [0.1, 0.15) is 17.9 Å². The normalized spacial score (nSPS) is 21.0. The smallest absolute Gasteiger partial charge is 0.248 e. The van der Waals surface area contributed by atoms with Crippen molar-refractivity contribution in [2.24, 2.45) is 5.41 Å². The van der Waals surface area contributed by atoms with Crippen LogP contribution in [0.3, 0.4) is 0 Å². The minimum atomic E-state index is -0.802. The van der Waals surface area contributed by atoms with Gasteiger partial charge in [-0.2, -0.15) is 0 Å². The standard InChI is InChI=1S/C30H36FN5O3/c1-18(19-9-11-20(12-10-19)23-7-5-6-8-24(23)31)32-28(38)26-15-22(37)16-35(26)29(39)27(30(2,3)4)36-17-25(33-34-36)21-13-14-21/h5-12,17-18,21-22,26-27,37H,13-16H2,1-4H3,(H,32,38)/t18-,22-,26+,27-/m1/s1. The molecule has 1 saturated heterocycles. The number of nitrogens with zero attached hydrogens (tertiary/aromatic N) is 4. The topological polar surface area (TPSA) is 100 Å². The average molecular weight is 534 g/mol. The van der Waals surface area contributed by atoms with Crippen molar-refractivity contribution in [1.29, 1.82) is 0 Å². The highest BCUT2D eigenvalue weighted by Crippen LogP contribution is 2.40. The lowest BCUT2D eigenvalue weighted by Crippen LogP contribution is -2.50. The van der Waals surface area contributed by atoms with Crippen LogP contribution in [0, 0.1) is 11.2 Å². The first kappa shape index (κ1) is 27.0. The van der Waals surface area contributed by atoms with Gasteiger partial charge in [0, 0.05) is 30.6 Å². The van der Waals surface area contributed by atoms with Crippen molar-refractivity contribution >= 4 is 11.8 Å². The zero-order chi connectivity index (χ0) is 27.9. The summed E-state index contributed by atoms with van der Waals surface area (Å²) in [5, 5.41) is 22.1. The molecule has 3 aromatic rings. The number of nitrogens with one attached hydrogen (secondary N) is 1. The molecule has 2 N–H and O–H groups in total. The Morgan fingerprint density at radius 1 is 1.10 bits per heavy atom. The molecule has 1 saturated carbocycles. The Labute approximate surface area is 228 Å². The van der Waals surface area contributed by atoms with Crippen LogP contribution in [0.4, 0.5) is 4.39 Å². The highest BCUT2D eigenvalue weighted by molar-refractivity contribution is 5.90. The summed E-state index contributed by atoms with van der Waals surface area (Å²) >= 11 is 0. The molecule has 9 heteroatoms. The highest BCUT2D eigenvalue weighted by atomic mass is 19.1. The quantitative estimate of drug-likeness (QED) is 0.469. The Morgan fingerprint density at radius 3 is 2.44 bits per heavy atom. The molecule has 5 rings (SSSR count). The van der Waals surface area contributed by atoms with Crippen LogP contribution < -0.4 is 5.32 Å². The zero-order valence-electron chi connectivity index (χ0n) is 22.8. The Kier molecular flexibility index (Phi) is 7.29. The van der Waals surface area contributed by atoms with Gasteiger partial charge < -0.3 is 15.3 Å². The largest absolute Gasteiger partial charge is 0.391 e. The van der Waals surface area contributed by atoms with Crippen molar-refractivity contribution in [1.82, 2.24) is 25.2 Å². The van der Waals surface area contributed by atoms with Crippen molar-refractivity contribution in [3.63, 3.8) is 0 Å². The molecule has 2 amide bonds. The van der Waals surface area contributed by atoms with Crippen molar-refractivity contribution in [3.05, 3.63) is 71.8 Å². The summed E-state index contributed by atoms with van der Waals surface area (Å²) in [7, 11) is 0. The molecular formula is C30H36FN5O3. The Morgan fingerprint density at radius 2 is 1.79 bits per heavy atom. The molecule has 2 fully saturated rings. The fourth-order valence-corrected chi connectivity index (χ4v) is 5.37. The first-order chi connectivity index (χ1) is 18.5. The first-order valence-corrected chi connectivity index (χ1v) is 13.6. The van der Waals surface area contributed by atoms with E-state index in [2.05, 4.69) is 15.6 Å². The van der Waals surface area contributed by atoms with Gasteiger partial charge in [-0.15, -0.1) is 5.10 Å². The molecule has 206 valence electrons. The number of carbonyl (C=O) groups excluding carboxylic acids is 2. The number of rotatable bonds is 7. The van der Waals surface area contributed by atoms with E-state index < -0.39 is 23.6 Å². The monoisotopic (exact) mass is 533 g/mol. The van der Waals surface area contributed by atoms with Crippen molar-refractivity contribution in [3.8, 4) is 11.1 Å². The lowest BCUT2D eigenvalue weighted by molar-refractivity contribution is -0.144. The molecule has 1 aliphatic carbocycles. The summed E-state index contributed by atoms with van der Waals surface area (Å²) in [5.74, 6) is -0.466. The molecule has 1 aromatic heterocycles. The third-order valence-electron chi connectivity index (χ3n) is 7.66. The minimum Gasteiger partial charge on any atom is -0.391 e. The number of aliphatic hydroxyl groups is 1. The number of halogens is 1. The molecule has 0 unspecified atom stereocenters. The Balaban J connectivity index is 1.31. The van der Waals surface area contributed by atoms with Crippen LogP contribution >= 0.6 is 0 Å². The van der Waals surface area contributed by atoms with Crippen molar-refractivity contribution < 1.29 is 19.1 Å². The number of carbonyl (C=O) groups is 2. The van der Waals surface area contributed by atoms with E-state index in [1.807, 2.05) is 58.2 Å². The van der Waals surface area contributed by atoms with Crippen LogP contribution in [-0.4, -0.2) is 55.5 Å². The van der Waals surface area contributed by atoms with Crippen LogP contribution in [0.1, 0.15) is 76.2 Å². The third kappa shape index (κ3) is 5.73. The van der Waals surface area contributed by atoms with E-state index in [9.17, 15) is 19.1 Å². The number of β-amino-alcohol motifs (C(OH)–C–C–N with tert-alkyl or cyclic N) is 1. The van der Waals surface area contributed by atoms with Gasteiger partial charge in [-0.25, -0.2) is 9.07 Å². The van der Waals surface area contributed by atoms with Gasteiger partial charge in [0.15, 0.2) is 0 Å². The number of benzene rings is 2. The van der Waals surface area contributed by atoms with Gasteiger partial charge in [-0.3, -0.25) is 9.59 Å². The van der Waals surface area contributed by atoms with E-state index in [4.69, 9.17) is 0 Å². The van der Waals surface area contributed by atoms with E-state index in [-0.39, 0.29) is 36.6 Å². The highest BCUT2D eigenvalue weighted by Gasteiger charge is 2.45. The second-order valence-electron chi connectivity index (χ2n) is 11.9. The third-order valence-corrected chi connectivity index (χ3v) is 7.66. The Hall–Kier alpha value is -3.59. The van der Waals surface area contributed by atoms with Gasteiger partial charge in [0.25, 0.3) is 0 Å². The molecule has 4 atom stereocenters. The molecule has 0 spiro atoms. The molecule has 0 radical (unpaired) electrons. The number of aromatic nitrogens is 3. The predicted octanol–water partition coefficient (Wildman–Crippen LogP) is 4.39.